The third kappa shape index (κ3) is 3.45. The van der Waals surface area contributed by atoms with Crippen LogP contribution in [0.3, 0.4) is 0 Å². The standard InChI is InChI=1S/C16H16N2O3/c1-11-14(4-3-5-16(11)18(20)21)10-17-15-8-6-13(7-9-15)12(2)19/h3-9,17H,10H2,1-2H3. The summed E-state index contributed by atoms with van der Waals surface area (Å²) in [5.74, 6) is 0.0241. The smallest absolute Gasteiger partial charge is 0.272 e. The number of nitrogens with zero attached hydrogens (tertiary/aromatic N) is 1. The normalized spacial score (nSPS) is 10.2. The highest BCUT2D eigenvalue weighted by molar-refractivity contribution is 5.94. The van der Waals surface area contributed by atoms with Crippen LogP contribution in [0, 0.1) is 17.0 Å². The van der Waals surface area contributed by atoms with E-state index in [1.54, 1.807) is 25.1 Å². The van der Waals surface area contributed by atoms with Gasteiger partial charge in [-0.2, -0.15) is 0 Å². The van der Waals surface area contributed by atoms with Crippen LogP contribution < -0.4 is 5.32 Å². The van der Waals surface area contributed by atoms with Crippen LogP contribution in [0.4, 0.5) is 11.4 Å². The number of carbonyl (C=O) groups is 1. The second kappa shape index (κ2) is 6.17. The van der Waals surface area contributed by atoms with E-state index in [9.17, 15) is 14.9 Å². The number of hydrogen-bond acceptors (Lipinski definition) is 4. The fourth-order valence-electron chi connectivity index (χ4n) is 2.08. The van der Waals surface area contributed by atoms with Gasteiger partial charge in [0, 0.05) is 29.4 Å². The number of rotatable bonds is 5. The molecule has 0 spiro atoms. The third-order valence-corrected chi connectivity index (χ3v) is 3.39. The predicted molar refractivity (Wildman–Crippen MR) is 81.6 cm³/mol. The highest BCUT2D eigenvalue weighted by Gasteiger charge is 2.12. The first-order chi connectivity index (χ1) is 9.99. The zero-order valence-electron chi connectivity index (χ0n) is 11.9. The van der Waals surface area contributed by atoms with Gasteiger partial charge in [0.05, 0.1) is 4.92 Å². The van der Waals surface area contributed by atoms with E-state index < -0.39 is 0 Å². The molecule has 0 radical (unpaired) electrons. The fraction of sp³-hybridized carbons (Fsp3) is 0.188. The minimum atomic E-state index is -0.375. The molecular formula is C16H16N2O3. The molecule has 0 aromatic heterocycles. The van der Waals surface area contributed by atoms with Crippen LogP contribution in [0.25, 0.3) is 0 Å². The Morgan fingerprint density at radius 1 is 1.19 bits per heavy atom. The summed E-state index contributed by atoms with van der Waals surface area (Å²) >= 11 is 0. The summed E-state index contributed by atoms with van der Waals surface area (Å²) in [5.41, 5.74) is 3.19. The van der Waals surface area contributed by atoms with E-state index in [0.29, 0.717) is 17.7 Å². The summed E-state index contributed by atoms with van der Waals surface area (Å²) in [4.78, 5) is 21.7. The van der Waals surface area contributed by atoms with E-state index in [1.807, 2.05) is 18.2 Å². The molecule has 0 saturated carbocycles. The summed E-state index contributed by atoms with van der Waals surface area (Å²) < 4.78 is 0. The van der Waals surface area contributed by atoms with Crippen LogP contribution in [0.2, 0.25) is 0 Å². The van der Waals surface area contributed by atoms with Crippen molar-refractivity contribution < 1.29 is 9.72 Å². The van der Waals surface area contributed by atoms with Gasteiger partial charge >= 0.3 is 0 Å². The number of benzene rings is 2. The molecule has 5 nitrogen and oxygen atoms in total. The van der Waals surface area contributed by atoms with Crippen molar-refractivity contribution in [1.29, 1.82) is 0 Å². The van der Waals surface area contributed by atoms with Crippen LogP contribution in [0.15, 0.2) is 42.5 Å². The van der Waals surface area contributed by atoms with Gasteiger partial charge in [-0.15, -0.1) is 0 Å². The minimum Gasteiger partial charge on any atom is -0.381 e. The van der Waals surface area contributed by atoms with Gasteiger partial charge in [-0.05, 0) is 43.7 Å². The molecule has 2 aromatic rings. The molecule has 0 saturated heterocycles. The van der Waals surface area contributed by atoms with Crippen molar-refractivity contribution >= 4 is 17.2 Å². The van der Waals surface area contributed by atoms with Crippen molar-refractivity contribution in [2.45, 2.75) is 20.4 Å². The molecular weight excluding hydrogens is 268 g/mol. The highest BCUT2D eigenvalue weighted by atomic mass is 16.6. The molecule has 0 unspecified atom stereocenters. The average molecular weight is 284 g/mol. The molecule has 0 aliphatic carbocycles. The fourth-order valence-corrected chi connectivity index (χ4v) is 2.08. The quantitative estimate of drug-likeness (QED) is 0.516. The second-order valence-electron chi connectivity index (χ2n) is 4.81. The van der Waals surface area contributed by atoms with Crippen molar-refractivity contribution in [3.05, 3.63) is 69.3 Å². The maximum absolute atomic E-state index is 11.2. The summed E-state index contributed by atoms with van der Waals surface area (Å²) in [6.07, 6.45) is 0. The Kier molecular flexibility index (Phi) is 4.33. The van der Waals surface area contributed by atoms with Gasteiger partial charge in [-0.1, -0.05) is 12.1 Å². The van der Waals surface area contributed by atoms with Crippen LogP contribution >= 0.6 is 0 Å². The van der Waals surface area contributed by atoms with E-state index in [4.69, 9.17) is 0 Å². The number of nitro groups is 1. The van der Waals surface area contributed by atoms with E-state index in [2.05, 4.69) is 5.32 Å². The molecule has 0 heterocycles. The van der Waals surface area contributed by atoms with Gasteiger partial charge in [0.25, 0.3) is 5.69 Å². The molecule has 0 atom stereocenters. The van der Waals surface area contributed by atoms with Gasteiger partial charge < -0.3 is 5.32 Å². The number of carbonyl (C=O) groups excluding carboxylic acids is 1. The lowest BCUT2D eigenvalue weighted by Crippen LogP contribution is -2.03. The topological polar surface area (TPSA) is 72.2 Å². The Morgan fingerprint density at radius 2 is 1.86 bits per heavy atom. The van der Waals surface area contributed by atoms with Gasteiger partial charge in [-0.3, -0.25) is 14.9 Å². The Hall–Kier alpha value is -2.69. The molecule has 0 fully saturated rings. The Bertz CT molecular complexity index is 678. The maximum Gasteiger partial charge on any atom is 0.272 e. The molecule has 0 aliphatic rings. The van der Waals surface area contributed by atoms with Gasteiger partial charge in [0.2, 0.25) is 0 Å². The number of anilines is 1. The van der Waals surface area contributed by atoms with E-state index in [0.717, 1.165) is 11.3 Å². The van der Waals surface area contributed by atoms with Gasteiger partial charge in [-0.25, -0.2) is 0 Å². The van der Waals surface area contributed by atoms with Crippen molar-refractivity contribution in [2.24, 2.45) is 0 Å². The largest absolute Gasteiger partial charge is 0.381 e. The first-order valence-electron chi connectivity index (χ1n) is 6.57. The Morgan fingerprint density at radius 3 is 2.43 bits per heavy atom. The third-order valence-electron chi connectivity index (χ3n) is 3.39. The number of ketones is 1. The summed E-state index contributed by atoms with van der Waals surface area (Å²) in [7, 11) is 0. The summed E-state index contributed by atoms with van der Waals surface area (Å²) in [6, 6.07) is 12.2. The van der Waals surface area contributed by atoms with E-state index >= 15 is 0 Å². The Balaban J connectivity index is 2.11. The second-order valence-corrected chi connectivity index (χ2v) is 4.81. The Labute approximate surface area is 122 Å². The molecule has 0 bridgehead atoms. The zero-order valence-corrected chi connectivity index (χ0v) is 11.9. The minimum absolute atomic E-state index is 0.0241. The average Bonchev–Trinajstić information content (AvgIpc) is 2.46. The monoisotopic (exact) mass is 284 g/mol. The van der Waals surface area contributed by atoms with Crippen molar-refractivity contribution in [1.82, 2.24) is 0 Å². The molecule has 2 aromatic carbocycles. The van der Waals surface area contributed by atoms with Crippen LogP contribution in [-0.4, -0.2) is 10.7 Å². The van der Waals surface area contributed by atoms with Crippen LogP contribution in [0.1, 0.15) is 28.4 Å². The molecule has 108 valence electrons. The number of nitro benzene ring substituents is 1. The van der Waals surface area contributed by atoms with Crippen molar-refractivity contribution in [3.63, 3.8) is 0 Å². The molecule has 21 heavy (non-hydrogen) atoms. The SMILES string of the molecule is CC(=O)c1ccc(NCc2cccc([N+](=O)[O-])c2C)cc1. The predicted octanol–water partition coefficient (Wildman–Crippen LogP) is 3.72. The first-order valence-corrected chi connectivity index (χ1v) is 6.57. The van der Waals surface area contributed by atoms with Crippen molar-refractivity contribution in [2.75, 3.05) is 5.32 Å². The lowest BCUT2D eigenvalue weighted by atomic mass is 10.1. The first kappa shape index (κ1) is 14.7. The van der Waals surface area contributed by atoms with E-state index in [-0.39, 0.29) is 16.4 Å². The summed E-state index contributed by atoms with van der Waals surface area (Å²) in [5, 5.41) is 14.1. The molecule has 2 rings (SSSR count). The molecule has 1 N–H and O–H groups in total. The lowest BCUT2D eigenvalue weighted by Gasteiger charge is -2.09. The number of Topliss-reactive ketones (excluding diaryl/α,β-unsaturated/α-hetero) is 1. The van der Waals surface area contributed by atoms with E-state index in [1.165, 1.54) is 13.0 Å². The zero-order chi connectivity index (χ0) is 15.4. The van der Waals surface area contributed by atoms with Crippen LogP contribution in [0.5, 0.6) is 0 Å². The number of hydrogen-bond donors (Lipinski definition) is 1. The highest BCUT2D eigenvalue weighted by Crippen LogP contribution is 2.22. The van der Waals surface area contributed by atoms with Gasteiger partial charge in [0.1, 0.15) is 0 Å². The van der Waals surface area contributed by atoms with Crippen LogP contribution in [-0.2, 0) is 6.54 Å². The molecule has 5 heteroatoms. The molecule has 0 amide bonds. The molecule has 0 aliphatic heterocycles. The van der Waals surface area contributed by atoms with Gasteiger partial charge in [0.15, 0.2) is 5.78 Å². The lowest BCUT2D eigenvalue weighted by molar-refractivity contribution is -0.385. The summed E-state index contributed by atoms with van der Waals surface area (Å²) in [6.45, 7) is 3.76. The maximum atomic E-state index is 11.2. The van der Waals surface area contributed by atoms with Crippen molar-refractivity contribution in [3.8, 4) is 0 Å². The number of nitrogens with one attached hydrogen (secondary N) is 1.